The van der Waals surface area contributed by atoms with Gasteiger partial charge >= 0.3 is 0 Å². The van der Waals surface area contributed by atoms with Crippen molar-refractivity contribution in [3.05, 3.63) is 53.2 Å². The van der Waals surface area contributed by atoms with Crippen molar-refractivity contribution in [3.63, 3.8) is 0 Å². The molecule has 0 spiro atoms. The molecular weight excluding hydrogens is 369 g/mol. The number of aryl methyl sites for hydroxylation is 1. The molecule has 5 nitrogen and oxygen atoms in total. The van der Waals surface area contributed by atoms with Crippen LogP contribution in [-0.4, -0.2) is 53.8 Å². The van der Waals surface area contributed by atoms with Crippen molar-refractivity contribution in [3.8, 4) is 0 Å². The topological polar surface area (TPSA) is 41.7 Å². The standard InChI is InChI=1S/C23H32FN3O2/c1-18-13-22(29-25-18)17-27(16-21-6-4-12-28-21)14-19-8-10-26(11-9-19)15-20-5-2-3-7-23(20)24/h2-3,5,7,13,19,21H,4,6,8-12,14-17H2,1H3/t21-/m0/s1. The van der Waals surface area contributed by atoms with Crippen molar-refractivity contribution >= 4 is 0 Å². The van der Waals surface area contributed by atoms with Gasteiger partial charge in [-0.15, -0.1) is 0 Å². The van der Waals surface area contributed by atoms with Gasteiger partial charge in [-0.25, -0.2) is 4.39 Å². The van der Waals surface area contributed by atoms with Gasteiger partial charge in [0.1, 0.15) is 5.82 Å². The molecule has 0 unspecified atom stereocenters. The summed E-state index contributed by atoms with van der Waals surface area (Å²) in [4.78, 5) is 4.85. The summed E-state index contributed by atoms with van der Waals surface area (Å²) in [7, 11) is 0. The summed E-state index contributed by atoms with van der Waals surface area (Å²) in [5.74, 6) is 1.48. The van der Waals surface area contributed by atoms with Crippen LogP contribution in [0.4, 0.5) is 4.39 Å². The van der Waals surface area contributed by atoms with Crippen molar-refractivity contribution in [1.29, 1.82) is 0 Å². The maximum atomic E-state index is 13.9. The maximum absolute atomic E-state index is 13.9. The Hall–Kier alpha value is -1.76. The molecule has 0 amide bonds. The van der Waals surface area contributed by atoms with Gasteiger partial charge in [0.25, 0.3) is 0 Å². The van der Waals surface area contributed by atoms with E-state index in [0.717, 1.165) is 82.0 Å². The molecule has 2 aromatic rings. The predicted octanol–water partition coefficient (Wildman–Crippen LogP) is 4.02. The molecule has 2 aliphatic heterocycles. The Morgan fingerprint density at radius 1 is 1.17 bits per heavy atom. The molecule has 1 aromatic heterocycles. The second-order valence-corrected chi connectivity index (χ2v) is 8.57. The lowest BCUT2D eigenvalue weighted by atomic mass is 9.95. The van der Waals surface area contributed by atoms with Gasteiger partial charge in [0.15, 0.2) is 5.76 Å². The Labute approximate surface area is 172 Å². The highest BCUT2D eigenvalue weighted by molar-refractivity contribution is 5.17. The average Bonchev–Trinajstić information content (AvgIpc) is 3.37. The fraction of sp³-hybridized carbons (Fsp3) is 0.609. The summed E-state index contributed by atoms with van der Waals surface area (Å²) in [5, 5.41) is 4.03. The third-order valence-electron chi connectivity index (χ3n) is 6.12. The molecule has 29 heavy (non-hydrogen) atoms. The SMILES string of the molecule is Cc1cc(CN(CC2CCN(Cc3ccccc3F)CC2)C[C@@H]2CCCO2)on1. The Balaban J connectivity index is 1.30. The molecule has 2 saturated heterocycles. The van der Waals surface area contributed by atoms with Crippen LogP contribution in [0.5, 0.6) is 0 Å². The zero-order valence-electron chi connectivity index (χ0n) is 17.4. The molecule has 158 valence electrons. The first kappa shape index (κ1) is 20.5. The van der Waals surface area contributed by atoms with Crippen LogP contribution in [0.15, 0.2) is 34.9 Å². The highest BCUT2D eigenvalue weighted by Gasteiger charge is 2.25. The van der Waals surface area contributed by atoms with Gasteiger partial charge in [-0.05, 0) is 57.7 Å². The molecule has 4 rings (SSSR count). The van der Waals surface area contributed by atoms with Crippen LogP contribution < -0.4 is 0 Å². The molecule has 0 aliphatic carbocycles. The lowest BCUT2D eigenvalue weighted by Crippen LogP contribution is -2.40. The maximum Gasteiger partial charge on any atom is 0.150 e. The van der Waals surface area contributed by atoms with Crippen LogP contribution in [-0.2, 0) is 17.8 Å². The van der Waals surface area contributed by atoms with Gasteiger partial charge in [0, 0.05) is 37.9 Å². The van der Waals surface area contributed by atoms with Gasteiger partial charge < -0.3 is 9.26 Å². The van der Waals surface area contributed by atoms with Gasteiger partial charge in [-0.2, -0.15) is 0 Å². The Kier molecular flexibility index (Phi) is 6.95. The lowest BCUT2D eigenvalue weighted by Gasteiger charge is -2.35. The molecule has 3 heterocycles. The molecule has 1 aromatic carbocycles. The Morgan fingerprint density at radius 2 is 2.00 bits per heavy atom. The van der Waals surface area contributed by atoms with Crippen molar-refractivity contribution in [2.24, 2.45) is 5.92 Å². The van der Waals surface area contributed by atoms with E-state index in [1.165, 1.54) is 0 Å². The van der Waals surface area contributed by atoms with E-state index < -0.39 is 0 Å². The Morgan fingerprint density at radius 3 is 2.69 bits per heavy atom. The minimum atomic E-state index is -0.0975. The number of hydrogen-bond acceptors (Lipinski definition) is 5. The number of halogens is 1. The van der Waals surface area contributed by atoms with E-state index in [9.17, 15) is 4.39 Å². The van der Waals surface area contributed by atoms with E-state index in [2.05, 4.69) is 15.0 Å². The van der Waals surface area contributed by atoms with Crippen LogP contribution >= 0.6 is 0 Å². The van der Waals surface area contributed by atoms with Crippen molar-refractivity contribution < 1.29 is 13.7 Å². The predicted molar refractivity (Wildman–Crippen MR) is 110 cm³/mol. The van der Waals surface area contributed by atoms with Crippen LogP contribution in [0, 0.1) is 18.7 Å². The van der Waals surface area contributed by atoms with E-state index in [1.54, 1.807) is 12.1 Å². The van der Waals surface area contributed by atoms with E-state index in [1.807, 2.05) is 25.1 Å². The Bertz CT molecular complexity index is 767. The summed E-state index contributed by atoms with van der Waals surface area (Å²) in [6.45, 7) is 8.38. The van der Waals surface area contributed by atoms with Crippen LogP contribution in [0.3, 0.4) is 0 Å². The largest absolute Gasteiger partial charge is 0.377 e. The molecular formula is C23H32FN3O2. The second kappa shape index (κ2) is 9.83. The molecule has 2 fully saturated rings. The van der Waals surface area contributed by atoms with Crippen LogP contribution in [0.1, 0.15) is 42.7 Å². The van der Waals surface area contributed by atoms with E-state index in [4.69, 9.17) is 9.26 Å². The number of benzene rings is 1. The third-order valence-corrected chi connectivity index (χ3v) is 6.12. The average molecular weight is 402 g/mol. The normalized spacial score (nSPS) is 21.3. The highest BCUT2D eigenvalue weighted by atomic mass is 19.1. The zero-order chi connectivity index (χ0) is 20.1. The van der Waals surface area contributed by atoms with Gasteiger partial charge in [0.05, 0.1) is 18.3 Å². The van der Waals surface area contributed by atoms with Crippen molar-refractivity contribution in [2.45, 2.75) is 51.8 Å². The summed E-state index contributed by atoms with van der Waals surface area (Å²) in [5.41, 5.74) is 1.73. The second-order valence-electron chi connectivity index (χ2n) is 8.57. The number of likely N-dealkylation sites (tertiary alicyclic amines) is 1. The first-order valence-electron chi connectivity index (χ1n) is 10.9. The molecule has 1 atom stereocenters. The number of hydrogen-bond donors (Lipinski definition) is 0. The number of ether oxygens (including phenoxy) is 1. The van der Waals surface area contributed by atoms with Gasteiger partial charge in [-0.3, -0.25) is 9.80 Å². The zero-order valence-corrected chi connectivity index (χ0v) is 17.4. The van der Waals surface area contributed by atoms with E-state index in [0.29, 0.717) is 18.6 Å². The van der Waals surface area contributed by atoms with Gasteiger partial charge in [-0.1, -0.05) is 23.4 Å². The highest BCUT2D eigenvalue weighted by Crippen LogP contribution is 2.23. The number of piperidine rings is 1. The first-order valence-corrected chi connectivity index (χ1v) is 10.9. The fourth-order valence-electron chi connectivity index (χ4n) is 4.55. The summed E-state index contributed by atoms with van der Waals surface area (Å²) in [6.07, 6.45) is 4.93. The monoisotopic (exact) mass is 401 g/mol. The van der Waals surface area contributed by atoms with Crippen molar-refractivity contribution in [1.82, 2.24) is 15.0 Å². The number of aromatic nitrogens is 1. The summed E-state index contributed by atoms with van der Waals surface area (Å²) in [6, 6.07) is 9.14. The minimum Gasteiger partial charge on any atom is -0.377 e. The van der Waals surface area contributed by atoms with Gasteiger partial charge in [0.2, 0.25) is 0 Å². The van der Waals surface area contributed by atoms with Crippen LogP contribution in [0.2, 0.25) is 0 Å². The third kappa shape index (κ3) is 5.87. The summed E-state index contributed by atoms with van der Waals surface area (Å²) >= 11 is 0. The molecule has 0 N–H and O–H groups in total. The van der Waals surface area contributed by atoms with Crippen LogP contribution in [0.25, 0.3) is 0 Å². The van der Waals surface area contributed by atoms with E-state index >= 15 is 0 Å². The molecule has 2 aliphatic rings. The number of rotatable bonds is 8. The molecule has 0 radical (unpaired) electrons. The lowest BCUT2D eigenvalue weighted by molar-refractivity contribution is 0.0535. The smallest absolute Gasteiger partial charge is 0.150 e. The molecule has 0 bridgehead atoms. The molecule has 0 saturated carbocycles. The molecule has 6 heteroatoms. The summed E-state index contributed by atoms with van der Waals surface area (Å²) < 4.78 is 25.3. The number of nitrogens with zero attached hydrogens (tertiary/aromatic N) is 3. The quantitative estimate of drug-likeness (QED) is 0.668. The van der Waals surface area contributed by atoms with E-state index in [-0.39, 0.29) is 5.82 Å². The fourth-order valence-corrected chi connectivity index (χ4v) is 4.55. The first-order chi connectivity index (χ1) is 14.2. The van der Waals surface area contributed by atoms with Crippen molar-refractivity contribution in [2.75, 3.05) is 32.8 Å². The minimum absolute atomic E-state index is 0.0975.